The van der Waals surface area contributed by atoms with Crippen LogP contribution in [-0.2, 0) is 19.7 Å². The molecule has 38 heavy (non-hydrogen) atoms. The van der Waals surface area contributed by atoms with Crippen molar-refractivity contribution in [2.24, 2.45) is 51.2 Å². The Hall–Kier alpha value is -1.82. The summed E-state index contributed by atoms with van der Waals surface area (Å²) in [6, 6.07) is 0. The Kier molecular flexibility index (Phi) is 4.82. The first-order valence-electron chi connectivity index (χ1n) is 15.0. The highest BCUT2D eigenvalue weighted by molar-refractivity contribution is 5.97. The largest absolute Gasteiger partial charge is 0.360 e. The van der Waals surface area contributed by atoms with Crippen LogP contribution < -0.4 is 0 Å². The van der Waals surface area contributed by atoms with Crippen LogP contribution in [0, 0.1) is 58.2 Å². The number of ketones is 2. The highest BCUT2D eigenvalue weighted by Gasteiger charge is 2.76. The summed E-state index contributed by atoms with van der Waals surface area (Å²) in [5, 5.41) is 4.20. The van der Waals surface area contributed by atoms with Gasteiger partial charge in [-0.25, -0.2) is 0 Å². The molecule has 6 aliphatic rings. The van der Waals surface area contributed by atoms with Crippen molar-refractivity contribution in [3.63, 3.8) is 0 Å². The van der Waals surface area contributed by atoms with Gasteiger partial charge >= 0.3 is 0 Å². The molecule has 1 unspecified atom stereocenters. The zero-order valence-electron chi connectivity index (χ0n) is 24.4. The normalized spacial score (nSPS) is 52.6. The average Bonchev–Trinajstić information content (AvgIpc) is 3.56. The highest BCUT2D eigenvalue weighted by Crippen LogP contribution is 2.76. The SMILES string of the molecule is Cc1noc([C@]23CC[C@@H](C)[C@H](C)[C@H]2[C@H]2C(=O)C=C4[C@@]5(C)C6O[C@H]6C(=O)C(C)(C)[C@@H]5CC[C@@]4(C)[C@]2(C)CC3)n1. The Balaban J connectivity index is 1.40. The third kappa shape index (κ3) is 2.65. The molecule has 11 atom stereocenters. The number of aromatic nitrogens is 2. The highest BCUT2D eigenvalue weighted by atomic mass is 16.6. The number of epoxide rings is 1. The minimum Gasteiger partial charge on any atom is -0.360 e. The van der Waals surface area contributed by atoms with Crippen LogP contribution in [0.4, 0.5) is 0 Å². The molecule has 1 saturated heterocycles. The van der Waals surface area contributed by atoms with E-state index in [1.54, 1.807) is 0 Å². The number of fused-ring (bicyclic) bond motifs is 9. The van der Waals surface area contributed by atoms with Crippen molar-refractivity contribution in [1.29, 1.82) is 0 Å². The van der Waals surface area contributed by atoms with E-state index in [9.17, 15) is 9.59 Å². The molecule has 5 aliphatic carbocycles. The first kappa shape index (κ1) is 25.2. The van der Waals surface area contributed by atoms with Crippen molar-refractivity contribution in [3.8, 4) is 0 Å². The predicted molar refractivity (Wildman–Crippen MR) is 142 cm³/mol. The van der Waals surface area contributed by atoms with E-state index in [1.807, 2.05) is 6.92 Å². The summed E-state index contributed by atoms with van der Waals surface area (Å²) >= 11 is 0. The number of carbonyl (C=O) groups is 2. The zero-order chi connectivity index (χ0) is 27.2. The van der Waals surface area contributed by atoms with Crippen molar-refractivity contribution in [3.05, 3.63) is 23.4 Å². The smallest absolute Gasteiger partial charge is 0.233 e. The number of rotatable bonds is 1. The van der Waals surface area contributed by atoms with Gasteiger partial charge in [0.2, 0.25) is 5.89 Å². The van der Waals surface area contributed by atoms with Gasteiger partial charge in [-0.2, -0.15) is 4.98 Å². The third-order valence-electron chi connectivity index (χ3n) is 13.8. The molecule has 0 spiro atoms. The van der Waals surface area contributed by atoms with Gasteiger partial charge in [0.1, 0.15) is 12.2 Å². The van der Waals surface area contributed by atoms with Crippen LogP contribution in [0.5, 0.6) is 0 Å². The molecule has 0 radical (unpaired) electrons. The second kappa shape index (κ2) is 7.27. The Morgan fingerprint density at radius 3 is 2.39 bits per heavy atom. The molecule has 0 bridgehead atoms. The monoisotopic (exact) mass is 520 g/mol. The number of aryl methyl sites for hydroxylation is 1. The lowest BCUT2D eigenvalue weighted by Crippen LogP contribution is -2.67. The maximum Gasteiger partial charge on any atom is 0.233 e. The van der Waals surface area contributed by atoms with E-state index >= 15 is 0 Å². The van der Waals surface area contributed by atoms with Gasteiger partial charge in [0.15, 0.2) is 17.4 Å². The first-order chi connectivity index (χ1) is 17.7. The molecule has 1 aromatic rings. The number of allylic oxidation sites excluding steroid dienone is 1. The van der Waals surface area contributed by atoms with Crippen molar-refractivity contribution < 1.29 is 18.8 Å². The summed E-state index contributed by atoms with van der Waals surface area (Å²) in [5.74, 6) is 3.18. The average molecular weight is 521 g/mol. The van der Waals surface area contributed by atoms with E-state index in [2.05, 4.69) is 59.7 Å². The van der Waals surface area contributed by atoms with Crippen molar-refractivity contribution in [2.75, 3.05) is 0 Å². The number of nitrogens with zero attached hydrogens (tertiary/aromatic N) is 2. The molecule has 0 N–H and O–H groups in total. The lowest BCUT2D eigenvalue weighted by Gasteiger charge is -2.69. The van der Waals surface area contributed by atoms with E-state index in [0.717, 1.165) is 44.4 Å². The number of hydrogen-bond donors (Lipinski definition) is 0. The standard InChI is InChI=1S/C32H44N2O4/c1-16-9-12-32(27-33-18(3)34-38-27)14-13-30(7)23(22(32)17(16)2)19(35)15-21-29(30,6)11-10-20-28(4,5)25(36)24-26(37-24)31(20,21)8/h15-17,20,22-24,26H,9-14H2,1-8H3/t16-,17+,20+,22+,23-,24+,26?,29-,30-,31+,32+/m1/s1. The van der Waals surface area contributed by atoms with Gasteiger partial charge < -0.3 is 9.26 Å². The van der Waals surface area contributed by atoms with Crippen LogP contribution in [0.1, 0.15) is 98.7 Å². The van der Waals surface area contributed by atoms with Gasteiger partial charge in [0.25, 0.3) is 0 Å². The van der Waals surface area contributed by atoms with Crippen molar-refractivity contribution in [1.82, 2.24) is 10.1 Å². The van der Waals surface area contributed by atoms with Crippen LogP contribution in [0.3, 0.4) is 0 Å². The van der Waals surface area contributed by atoms with Crippen LogP contribution in [-0.4, -0.2) is 33.9 Å². The lowest BCUT2D eigenvalue weighted by atomic mass is 9.33. The number of carbonyl (C=O) groups excluding carboxylic acids is 2. The van der Waals surface area contributed by atoms with Crippen LogP contribution in [0.2, 0.25) is 0 Å². The molecule has 5 fully saturated rings. The first-order valence-corrected chi connectivity index (χ1v) is 15.0. The molecular formula is C32H44N2O4. The molecular weight excluding hydrogens is 476 g/mol. The van der Waals surface area contributed by atoms with E-state index in [1.165, 1.54) is 5.57 Å². The molecule has 7 rings (SSSR count). The Morgan fingerprint density at radius 1 is 0.974 bits per heavy atom. The van der Waals surface area contributed by atoms with Gasteiger partial charge in [0, 0.05) is 16.7 Å². The lowest BCUT2D eigenvalue weighted by molar-refractivity contribution is -0.169. The molecule has 6 nitrogen and oxygen atoms in total. The third-order valence-corrected chi connectivity index (χ3v) is 13.8. The topological polar surface area (TPSA) is 85.6 Å². The Bertz CT molecular complexity index is 1280. The van der Waals surface area contributed by atoms with Crippen molar-refractivity contribution >= 4 is 11.6 Å². The quantitative estimate of drug-likeness (QED) is 0.421. The maximum atomic E-state index is 14.6. The minimum atomic E-state index is -0.444. The molecule has 0 amide bonds. The number of hydrogen-bond acceptors (Lipinski definition) is 6. The Labute approximate surface area is 226 Å². The molecule has 4 saturated carbocycles. The summed E-state index contributed by atoms with van der Waals surface area (Å²) in [7, 11) is 0. The summed E-state index contributed by atoms with van der Waals surface area (Å²) in [6.07, 6.45) is 7.74. The summed E-state index contributed by atoms with van der Waals surface area (Å²) in [6.45, 7) is 18.0. The second-order valence-corrected chi connectivity index (χ2v) is 15.3. The van der Waals surface area contributed by atoms with Crippen LogP contribution in [0.25, 0.3) is 0 Å². The maximum absolute atomic E-state index is 14.6. The molecule has 1 aliphatic heterocycles. The molecule has 1 aromatic heterocycles. The number of ether oxygens (including phenoxy) is 1. The van der Waals surface area contributed by atoms with Gasteiger partial charge in [-0.1, -0.05) is 59.2 Å². The summed E-state index contributed by atoms with van der Waals surface area (Å²) in [4.78, 5) is 32.7. The van der Waals surface area contributed by atoms with Gasteiger partial charge in [0.05, 0.1) is 5.41 Å². The minimum absolute atomic E-state index is 0.0794. The van der Waals surface area contributed by atoms with E-state index in [-0.39, 0.29) is 63.2 Å². The number of Topliss-reactive ketones (excluding diaryl/α,β-unsaturated/α-hetero) is 1. The molecule has 2 heterocycles. The van der Waals surface area contributed by atoms with Gasteiger partial charge in [-0.05, 0) is 86.0 Å². The van der Waals surface area contributed by atoms with Gasteiger partial charge in [-0.3, -0.25) is 9.59 Å². The fraction of sp³-hybridized carbons (Fsp3) is 0.812. The fourth-order valence-electron chi connectivity index (χ4n) is 11.2. The van der Waals surface area contributed by atoms with E-state index in [0.29, 0.717) is 17.7 Å². The van der Waals surface area contributed by atoms with Gasteiger partial charge in [-0.15, -0.1) is 0 Å². The second-order valence-electron chi connectivity index (χ2n) is 15.3. The van der Waals surface area contributed by atoms with Crippen LogP contribution in [0.15, 0.2) is 16.2 Å². The molecule has 6 heteroatoms. The van der Waals surface area contributed by atoms with Crippen molar-refractivity contribution in [2.45, 2.75) is 112 Å². The Morgan fingerprint density at radius 2 is 1.71 bits per heavy atom. The predicted octanol–water partition coefficient (Wildman–Crippen LogP) is 6.02. The van der Waals surface area contributed by atoms with E-state index in [4.69, 9.17) is 14.2 Å². The zero-order valence-corrected chi connectivity index (χ0v) is 24.4. The van der Waals surface area contributed by atoms with E-state index < -0.39 is 5.41 Å². The summed E-state index contributed by atoms with van der Waals surface area (Å²) in [5.41, 5.74) is 0.00610. The summed E-state index contributed by atoms with van der Waals surface area (Å²) < 4.78 is 12.1. The fourth-order valence-corrected chi connectivity index (χ4v) is 11.2. The molecule has 206 valence electrons. The van der Waals surface area contributed by atoms with Crippen LogP contribution >= 0.6 is 0 Å². The molecule has 0 aromatic carbocycles.